The zero-order chi connectivity index (χ0) is 28.1. The van der Waals surface area contributed by atoms with Gasteiger partial charge in [-0.05, 0) is 47.7 Å². The quantitative estimate of drug-likeness (QED) is 0.0779. The molecule has 5 rings (SSSR count). The Morgan fingerprint density at radius 2 is 1.82 bits per heavy atom. The van der Waals surface area contributed by atoms with E-state index < -0.39 is 17.7 Å². The second kappa shape index (κ2) is 12.4. The van der Waals surface area contributed by atoms with Crippen LogP contribution in [-0.4, -0.2) is 38.6 Å². The predicted octanol–water partition coefficient (Wildman–Crippen LogP) is 6.28. The summed E-state index contributed by atoms with van der Waals surface area (Å²) in [6.45, 7) is 4.79. The van der Waals surface area contributed by atoms with Crippen molar-refractivity contribution in [3.63, 3.8) is 0 Å². The molecule has 4 aromatic rings. The maximum absolute atomic E-state index is 13.5. The molecule has 1 atom stereocenters. The lowest BCUT2D eigenvalue weighted by atomic mass is 9.95. The molecule has 0 bridgehead atoms. The minimum Gasteiger partial charge on any atom is -0.507 e. The molecule has 1 amide bonds. The minimum atomic E-state index is -0.915. The Bertz CT molecular complexity index is 1520. The number of carbonyl (C=O) groups is 2. The first-order valence-corrected chi connectivity index (χ1v) is 14.7. The Morgan fingerprint density at radius 1 is 1.05 bits per heavy atom. The minimum absolute atomic E-state index is 0.0239. The number of pyridine rings is 1. The number of ketones is 1. The summed E-state index contributed by atoms with van der Waals surface area (Å²) in [6, 6.07) is 19.5. The summed E-state index contributed by atoms with van der Waals surface area (Å²) in [5.74, 6) is -0.0506. The standard InChI is InChI=1S/C30H28N4O4S2/c1-19(2)13-16-38-23-10-6-9-22(17-23)25-24(26(35)21-11-14-31-15-12-21)27(36)28(37)34(25)29-32-33-30(40-29)39-18-20-7-4-3-5-8-20/h3-12,14-15,17,19,25,35H,13,16,18H2,1-2H3. The van der Waals surface area contributed by atoms with Crippen LogP contribution >= 0.6 is 23.1 Å². The van der Waals surface area contributed by atoms with E-state index in [0.717, 1.165) is 12.0 Å². The Kier molecular flexibility index (Phi) is 8.57. The van der Waals surface area contributed by atoms with Crippen LogP contribution in [0.3, 0.4) is 0 Å². The molecule has 1 aliphatic heterocycles. The Hall–Kier alpha value is -4.02. The smallest absolute Gasteiger partial charge is 0.301 e. The fourth-order valence-electron chi connectivity index (χ4n) is 4.27. The number of rotatable bonds is 10. The highest BCUT2D eigenvalue weighted by Crippen LogP contribution is 2.44. The molecule has 1 saturated heterocycles. The van der Waals surface area contributed by atoms with E-state index in [9.17, 15) is 14.7 Å². The van der Waals surface area contributed by atoms with Crippen LogP contribution in [0.1, 0.15) is 43.0 Å². The highest BCUT2D eigenvalue weighted by Gasteiger charge is 2.48. The molecule has 0 radical (unpaired) electrons. The van der Waals surface area contributed by atoms with Crippen molar-refractivity contribution in [3.05, 3.63) is 101 Å². The molecular formula is C30H28N4O4S2. The second-order valence-electron chi connectivity index (χ2n) is 9.63. The largest absolute Gasteiger partial charge is 0.507 e. The number of hydrogen-bond donors (Lipinski definition) is 1. The normalized spacial score (nSPS) is 16.6. The lowest BCUT2D eigenvalue weighted by Gasteiger charge is -2.23. The molecule has 0 aliphatic carbocycles. The number of anilines is 1. The molecule has 3 heterocycles. The SMILES string of the molecule is CC(C)CCOc1cccc(C2C(=C(O)c3ccncc3)C(=O)C(=O)N2c2nnc(SCc3ccccc3)s2)c1. The van der Waals surface area contributed by atoms with Gasteiger partial charge in [-0.3, -0.25) is 19.5 Å². The maximum Gasteiger partial charge on any atom is 0.301 e. The number of ether oxygens (including phenoxy) is 1. The van der Waals surface area contributed by atoms with Gasteiger partial charge in [0.05, 0.1) is 18.2 Å². The zero-order valence-electron chi connectivity index (χ0n) is 22.1. The van der Waals surface area contributed by atoms with Crippen molar-refractivity contribution in [1.29, 1.82) is 0 Å². The molecule has 0 saturated carbocycles. The van der Waals surface area contributed by atoms with E-state index in [2.05, 4.69) is 29.0 Å². The van der Waals surface area contributed by atoms with Crippen LogP contribution in [0, 0.1) is 5.92 Å². The summed E-state index contributed by atoms with van der Waals surface area (Å²) < 4.78 is 6.63. The van der Waals surface area contributed by atoms with Gasteiger partial charge in [-0.2, -0.15) is 0 Å². The summed E-state index contributed by atoms with van der Waals surface area (Å²) in [4.78, 5) is 32.2. The van der Waals surface area contributed by atoms with Gasteiger partial charge in [0.2, 0.25) is 5.13 Å². The van der Waals surface area contributed by atoms with E-state index in [4.69, 9.17) is 4.74 Å². The fraction of sp³-hybridized carbons (Fsp3) is 0.233. The first-order valence-electron chi connectivity index (χ1n) is 12.9. The van der Waals surface area contributed by atoms with Crippen LogP contribution in [-0.2, 0) is 15.3 Å². The monoisotopic (exact) mass is 572 g/mol. The van der Waals surface area contributed by atoms with Crippen molar-refractivity contribution in [2.45, 2.75) is 36.4 Å². The fourth-order valence-corrected chi connectivity index (χ4v) is 6.10. The average molecular weight is 573 g/mol. The Balaban J connectivity index is 1.52. The number of aliphatic hydroxyl groups excluding tert-OH is 1. The lowest BCUT2D eigenvalue weighted by Crippen LogP contribution is -2.29. The van der Waals surface area contributed by atoms with Crippen molar-refractivity contribution in [2.75, 3.05) is 11.5 Å². The number of carbonyl (C=O) groups excluding carboxylic acids is 2. The molecule has 1 N–H and O–H groups in total. The second-order valence-corrected chi connectivity index (χ2v) is 11.8. The molecule has 1 unspecified atom stereocenters. The van der Waals surface area contributed by atoms with Crippen molar-refractivity contribution in [1.82, 2.24) is 15.2 Å². The van der Waals surface area contributed by atoms with E-state index in [1.165, 1.54) is 40.4 Å². The number of Topliss-reactive ketones (excluding diaryl/α,β-unsaturated/α-hetero) is 1. The van der Waals surface area contributed by atoms with E-state index in [0.29, 0.717) is 39.5 Å². The highest BCUT2D eigenvalue weighted by atomic mass is 32.2. The van der Waals surface area contributed by atoms with Gasteiger partial charge in [-0.1, -0.05) is 79.4 Å². The average Bonchev–Trinajstić information content (AvgIpc) is 3.54. The maximum atomic E-state index is 13.5. The van der Waals surface area contributed by atoms with Crippen molar-refractivity contribution < 1.29 is 19.4 Å². The molecule has 8 nitrogen and oxygen atoms in total. The van der Waals surface area contributed by atoms with E-state index in [-0.39, 0.29) is 16.5 Å². The number of thioether (sulfide) groups is 1. The third-order valence-corrected chi connectivity index (χ3v) is 8.47. The first-order chi connectivity index (χ1) is 19.4. The van der Waals surface area contributed by atoms with E-state index in [1.54, 1.807) is 18.2 Å². The van der Waals surface area contributed by atoms with Crippen LogP contribution < -0.4 is 9.64 Å². The number of aromatic nitrogens is 3. The van der Waals surface area contributed by atoms with E-state index >= 15 is 0 Å². The van der Waals surface area contributed by atoms with Gasteiger partial charge >= 0.3 is 5.91 Å². The number of nitrogens with zero attached hydrogens (tertiary/aromatic N) is 4. The highest BCUT2D eigenvalue weighted by molar-refractivity contribution is 8.00. The Morgan fingerprint density at radius 3 is 2.58 bits per heavy atom. The Labute approximate surface area is 240 Å². The van der Waals surface area contributed by atoms with Crippen LogP contribution in [0.2, 0.25) is 0 Å². The van der Waals surface area contributed by atoms with Crippen LogP contribution in [0.5, 0.6) is 5.75 Å². The molecular weight excluding hydrogens is 544 g/mol. The summed E-state index contributed by atoms with van der Waals surface area (Å²) in [6.07, 6.45) is 3.92. The molecule has 1 aliphatic rings. The van der Waals surface area contributed by atoms with Crippen LogP contribution in [0.15, 0.2) is 89.0 Å². The molecule has 204 valence electrons. The third-order valence-electron chi connectivity index (χ3n) is 6.34. The van der Waals surface area contributed by atoms with Crippen molar-refractivity contribution in [2.24, 2.45) is 5.92 Å². The van der Waals surface area contributed by atoms with Gasteiger partial charge in [-0.15, -0.1) is 10.2 Å². The molecule has 2 aromatic carbocycles. The summed E-state index contributed by atoms with van der Waals surface area (Å²) in [5.41, 5.74) is 2.12. The summed E-state index contributed by atoms with van der Waals surface area (Å²) >= 11 is 2.74. The first kappa shape index (κ1) is 27.5. The molecule has 0 spiro atoms. The van der Waals surface area contributed by atoms with Gasteiger partial charge in [0.1, 0.15) is 11.5 Å². The third kappa shape index (κ3) is 6.08. The molecule has 1 fully saturated rings. The lowest BCUT2D eigenvalue weighted by molar-refractivity contribution is -0.132. The molecule has 2 aromatic heterocycles. The number of hydrogen-bond acceptors (Lipinski definition) is 9. The topological polar surface area (TPSA) is 106 Å². The van der Waals surface area contributed by atoms with Crippen molar-refractivity contribution in [3.8, 4) is 5.75 Å². The predicted molar refractivity (Wildman–Crippen MR) is 156 cm³/mol. The summed E-state index contributed by atoms with van der Waals surface area (Å²) in [7, 11) is 0. The van der Waals surface area contributed by atoms with Gasteiger partial charge in [0.25, 0.3) is 5.78 Å². The number of benzene rings is 2. The van der Waals surface area contributed by atoms with Gasteiger partial charge < -0.3 is 9.84 Å². The van der Waals surface area contributed by atoms with Crippen LogP contribution in [0.25, 0.3) is 5.76 Å². The summed E-state index contributed by atoms with van der Waals surface area (Å²) in [5, 5.41) is 20.1. The van der Waals surface area contributed by atoms with Gasteiger partial charge in [0, 0.05) is 23.7 Å². The van der Waals surface area contributed by atoms with Gasteiger partial charge in [-0.25, -0.2) is 0 Å². The van der Waals surface area contributed by atoms with Crippen LogP contribution in [0.4, 0.5) is 5.13 Å². The number of amides is 1. The molecule has 10 heteroatoms. The van der Waals surface area contributed by atoms with Crippen molar-refractivity contribution >= 4 is 45.7 Å². The van der Waals surface area contributed by atoms with Gasteiger partial charge in [0.15, 0.2) is 4.34 Å². The van der Waals surface area contributed by atoms with E-state index in [1.807, 2.05) is 48.5 Å². The zero-order valence-corrected chi connectivity index (χ0v) is 23.7. The molecule has 40 heavy (non-hydrogen) atoms. The number of aliphatic hydroxyl groups is 1.